The molecule has 1 heterocycles. The molecule has 17 heavy (non-hydrogen) atoms. The van der Waals surface area contributed by atoms with E-state index in [0.29, 0.717) is 0 Å². The van der Waals surface area contributed by atoms with Gasteiger partial charge in [-0.3, -0.25) is 0 Å². The molecule has 0 atom stereocenters. The van der Waals surface area contributed by atoms with Crippen molar-refractivity contribution >= 4 is 10.9 Å². The van der Waals surface area contributed by atoms with Gasteiger partial charge < -0.3 is 10.3 Å². The fourth-order valence-corrected chi connectivity index (χ4v) is 2.41. The Morgan fingerprint density at radius 3 is 2.59 bits per heavy atom. The van der Waals surface area contributed by atoms with E-state index < -0.39 is 0 Å². The van der Waals surface area contributed by atoms with Gasteiger partial charge in [-0.2, -0.15) is 0 Å². The van der Waals surface area contributed by atoms with Crippen LogP contribution in [0.2, 0.25) is 0 Å². The predicted octanol–water partition coefficient (Wildman–Crippen LogP) is 3.11. The molecule has 0 bridgehead atoms. The highest BCUT2D eigenvalue weighted by atomic mass is 14.9. The van der Waals surface area contributed by atoms with Gasteiger partial charge in [-0.05, 0) is 49.1 Å². The van der Waals surface area contributed by atoms with E-state index in [4.69, 9.17) is 5.73 Å². The standard InChI is InChI=1S/C15H22N2/c1-11-9-12-10-13(15(2,3)7-8-16)5-6-14(12)17(11)4/h5-6,9-10H,7-8,16H2,1-4H3. The third-order valence-corrected chi connectivity index (χ3v) is 3.83. The van der Waals surface area contributed by atoms with Gasteiger partial charge in [-0.1, -0.05) is 19.9 Å². The summed E-state index contributed by atoms with van der Waals surface area (Å²) in [6.07, 6.45) is 1.02. The summed E-state index contributed by atoms with van der Waals surface area (Å²) < 4.78 is 2.23. The summed E-state index contributed by atoms with van der Waals surface area (Å²) in [6, 6.07) is 9.00. The summed E-state index contributed by atoms with van der Waals surface area (Å²) in [5.41, 5.74) is 9.82. The van der Waals surface area contributed by atoms with Gasteiger partial charge in [0, 0.05) is 23.6 Å². The first-order valence-electron chi connectivity index (χ1n) is 6.22. The lowest BCUT2D eigenvalue weighted by Gasteiger charge is -2.24. The summed E-state index contributed by atoms with van der Waals surface area (Å²) in [6.45, 7) is 7.40. The molecule has 0 aliphatic carbocycles. The molecule has 0 saturated carbocycles. The van der Waals surface area contributed by atoms with Crippen LogP contribution in [0.3, 0.4) is 0 Å². The van der Waals surface area contributed by atoms with Gasteiger partial charge >= 0.3 is 0 Å². The Kier molecular flexibility index (Phi) is 3.00. The van der Waals surface area contributed by atoms with E-state index in [1.807, 2.05) is 0 Å². The molecule has 92 valence electrons. The minimum atomic E-state index is 0.159. The SMILES string of the molecule is Cc1cc2cc(C(C)(C)CCN)ccc2n1C. The van der Waals surface area contributed by atoms with Crippen LogP contribution < -0.4 is 5.73 Å². The third kappa shape index (κ3) is 2.09. The van der Waals surface area contributed by atoms with E-state index in [9.17, 15) is 0 Å². The highest BCUT2D eigenvalue weighted by molar-refractivity contribution is 5.82. The topological polar surface area (TPSA) is 30.9 Å². The molecule has 2 rings (SSSR count). The van der Waals surface area contributed by atoms with Crippen LogP contribution >= 0.6 is 0 Å². The first kappa shape index (κ1) is 12.2. The molecule has 0 aliphatic rings. The second-order valence-electron chi connectivity index (χ2n) is 5.54. The number of nitrogens with zero attached hydrogens (tertiary/aromatic N) is 1. The summed E-state index contributed by atoms with van der Waals surface area (Å²) in [4.78, 5) is 0. The van der Waals surface area contributed by atoms with Crippen LogP contribution in [-0.2, 0) is 12.5 Å². The minimum absolute atomic E-state index is 0.159. The van der Waals surface area contributed by atoms with E-state index in [-0.39, 0.29) is 5.41 Å². The second kappa shape index (κ2) is 4.19. The Bertz CT molecular complexity index is 535. The van der Waals surface area contributed by atoms with Crippen LogP contribution in [0.5, 0.6) is 0 Å². The molecule has 0 radical (unpaired) electrons. The van der Waals surface area contributed by atoms with Crippen molar-refractivity contribution in [2.45, 2.75) is 32.6 Å². The molecule has 1 aromatic heterocycles. The molecule has 2 N–H and O–H groups in total. The number of hydrogen-bond donors (Lipinski definition) is 1. The van der Waals surface area contributed by atoms with E-state index in [0.717, 1.165) is 13.0 Å². The largest absolute Gasteiger partial charge is 0.348 e. The van der Waals surface area contributed by atoms with E-state index in [1.165, 1.54) is 22.2 Å². The molecule has 0 amide bonds. The molecule has 0 fully saturated rings. The van der Waals surface area contributed by atoms with Gasteiger partial charge in [0.15, 0.2) is 0 Å². The molecular weight excluding hydrogens is 208 g/mol. The lowest BCUT2D eigenvalue weighted by molar-refractivity contribution is 0.488. The molecule has 0 unspecified atom stereocenters. The smallest absolute Gasteiger partial charge is 0.0479 e. The zero-order chi connectivity index (χ0) is 12.6. The molecule has 2 heteroatoms. The predicted molar refractivity (Wildman–Crippen MR) is 74.4 cm³/mol. The Balaban J connectivity index is 2.51. The monoisotopic (exact) mass is 230 g/mol. The Morgan fingerprint density at radius 1 is 1.24 bits per heavy atom. The average molecular weight is 230 g/mol. The lowest BCUT2D eigenvalue weighted by Crippen LogP contribution is -2.21. The molecule has 0 saturated heterocycles. The molecule has 2 aromatic rings. The highest BCUT2D eigenvalue weighted by Gasteiger charge is 2.20. The number of fused-ring (bicyclic) bond motifs is 1. The highest BCUT2D eigenvalue weighted by Crippen LogP contribution is 2.30. The van der Waals surface area contributed by atoms with Gasteiger partial charge in [0.25, 0.3) is 0 Å². The average Bonchev–Trinajstić information content (AvgIpc) is 2.54. The van der Waals surface area contributed by atoms with Gasteiger partial charge in [0.2, 0.25) is 0 Å². The molecular formula is C15H22N2. The van der Waals surface area contributed by atoms with Crippen molar-refractivity contribution in [1.82, 2.24) is 4.57 Å². The first-order chi connectivity index (χ1) is 7.95. The van der Waals surface area contributed by atoms with Crippen LogP contribution in [-0.4, -0.2) is 11.1 Å². The Morgan fingerprint density at radius 2 is 1.94 bits per heavy atom. The van der Waals surface area contributed by atoms with Crippen molar-refractivity contribution in [2.24, 2.45) is 12.8 Å². The molecule has 0 spiro atoms. The van der Waals surface area contributed by atoms with Crippen molar-refractivity contribution in [3.05, 3.63) is 35.5 Å². The summed E-state index contributed by atoms with van der Waals surface area (Å²) in [5.74, 6) is 0. The Hall–Kier alpha value is -1.28. The summed E-state index contributed by atoms with van der Waals surface area (Å²) >= 11 is 0. The van der Waals surface area contributed by atoms with Gasteiger partial charge in [0.05, 0.1) is 0 Å². The molecule has 2 nitrogen and oxygen atoms in total. The normalized spacial score (nSPS) is 12.3. The molecule has 0 aliphatic heterocycles. The maximum atomic E-state index is 5.69. The number of hydrogen-bond acceptors (Lipinski definition) is 1. The zero-order valence-corrected chi connectivity index (χ0v) is 11.2. The van der Waals surface area contributed by atoms with Crippen LogP contribution in [0, 0.1) is 6.92 Å². The molecule has 1 aromatic carbocycles. The van der Waals surface area contributed by atoms with Gasteiger partial charge in [0.1, 0.15) is 0 Å². The van der Waals surface area contributed by atoms with Crippen molar-refractivity contribution in [1.29, 1.82) is 0 Å². The van der Waals surface area contributed by atoms with Crippen molar-refractivity contribution in [3.63, 3.8) is 0 Å². The Labute approximate surface area is 103 Å². The van der Waals surface area contributed by atoms with Crippen LogP contribution in [0.25, 0.3) is 10.9 Å². The summed E-state index contributed by atoms with van der Waals surface area (Å²) in [5, 5.41) is 1.33. The third-order valence-electron chi connectivity index (χ3n) is 3.83. The number of aryl methyl sites for hydroxylation is 2. The quantitative estimate of drug-likeness (QED) is 0.863. The van der Waals surface area contributed by atoms with E-state index in [1.54, 1.807) is 0 Å². The van der Waals surface area contributed by atoms with Crippen LogP contribution in [0.15, 0.2) is 24.3 Å². The van der Waals surface area contributed by atoms with Crippen LogP contribution in [0.4, 0.5) is 0 Å². The lowest BCUT2D eigenvalue weighted by atomic mass is 9.81. The van der Waals surface area contributed by atoms with E-state index >= 15 is 0 Å². The minimum Gasteiger partial charge on any atom is -0.348 e. The van der Waals surface area contributed by atoms with E-state index in [2.05, 4.69) is 56.7 Å². The fourth-order valence-electron chi connectivity index (χ4n) is 2.41. The van der Waals surface area contributed by atoms with Gasteiger partial charge in [-0.25, -0.2) is 0 Å². The van der Waals surface area contributed by atoms with Crippen molar-refractivity contribution in [3.8, 4) is 0 Å². The fraction of sp³-hybridized carbons (Fsp3) is 0.467. The number of benzene rings is 1. The summed E-state index contributed by atoms with van der Waals surface area (Å²) in [7, 11) is 2.11. The van der Waals surface area contributed by atoms with Crippen molar-refractivity contribution in [2.75, 3.05) is 6.54 Å². The van der Waals surface area contributed by atoms with Crippen LogP contribution in [0.1, 0.15) is 31.5 Å². The first-order valence-corrected chi connectivity index (χ1v) is 6.22. The van der Waals surface area contributed by atoms with Crippen molar-refractivity contribution < 1.29 is 0 Å². The maximum absolute atomic E-state index is 5.69. The number of rotatable bonds is 3. The van der Waals surface area contributed by atoms with Gasteiger partial charge in [-0.15, -0.1) is 0 Å². The number of nitrogens with two attached hydrogens (primary N) is 1. The number of aromatic nitrogens is 1. The second-order valence-corrected chi connectivity index (χ2v) is 5.54. The zero-order valence-electron chi connectivity index (χ0n) is 11.2. The maximum Gasteiger partial charge on any atom is 0.0479 e.